The van der Waals surface area contributed by atoms with Gasteiger partial charge in [-0.2, -0.15) is 0 Å². The van der Waals surface area contributed by atoms with Crippen molar-refractivity contribution in [2.75, 3.05) is 6.54 Å². The first kappa shape index (κ1) is 16.5. The van der Waals surface area contributed by atoms with Crippen LogP contribution in [0.1, 0.15) is 71.6 Å². The van der Waals surface area contributed by atoms with Gasteiger partial charge in [-0.3, -0.25) is 4.79 Å². The predicted molar refractivity (Wildman–Crippen MR) is 80.9 cm³/mol. The number of amides is 1. The molecule has 1 aliphatic carbocycles. The minimum absolute atomic E-state index is 0.252. The lowest BCUT2D eigenvalue weighted by Crippen LogP contribution is -2.39. The zero-order valence-electron chi connectivity index (χ0n) is 12.8. The van der Waals surface area contributed by atoms with Crippen LogP contribution in [0.3, 0.4) is 0 Å². The van der Waals surface area contributed by atoms with E-state index in [1.54, 1.807) is 0 Å². The smallest absolute Gasteiger partial charge is 0.220 e. The van der Waals surface area contributed by atoms with E-state index in [1.165, 1.54) is 25.7 Å². The molecule has 0 bridgehead atoms. The van der Waals surface area contributed by atoms with Crippen molar-refractivity contribution in [2.45, 2.75) is 77.7 Å². The molecule has 0 aliphatic heterocycles. The van der Waals surface area contributed by atoms with Crippen molar-refractivity contribution in [3.05, 3.63) is 0 Å². The first-order valence-electron chi connectivity index (χ1n) is 8.13. The molecule has 0 aromatic carbocycles. The van der Waals surface area contributed by atoms with Crippen LogP contribution in [0.4, 0.5) is 0 Å². The fourth-order valence-electron chi connectivity index (χ4n) is 3.05. The van der Waals surface area contributed by atoms with Gasteiger partial charge in [-0.25, -0.2) is 0 Å². The van der Waals surface area contributed by atoms with Crippen LogP contribution in [0.5, 0.6) is 0 Å². The van der Waals surface area contributed by atoms with Gasteiger partial charge in [-0.1, -0.05) is 39.5 Å². The molecule has 3 nitrogen and oxygen atoms in total. The van der Waals surface area contributed by atoms with E-state index in [2.05, 4.69) is 19.2 Å². The van der Waals surface area contributed by atoms with E-state index in [9.17, 15) is 4.79 Å². The van der Waals surface area contributed by atoms with Crippen LogP contribution in [0.2, 0.25) is 0 Å². The van der Waals surface area contributed by atoms with E-state index in [4.69, 9.17) is 5.73 Å². The fourth-order valence-corrected chi connectivity index (χ4v) is 3.05. The molecule has 3 N–H and O–H groups in total. The SMILES string of the molecule is CC(C)C1CCCC(NC(=O)CCCCCCN)C1. The van der Waals surface area contributed by atoms with Gasteiger partial charge in [-0.05, 0) is 44.1 Å². The highest BCUT2D eigenvalue weighted by Gasteiger charge is 2.24. The number of carbonyl (C=O) groups excluding carboxylic acids is 1. The van der Waals surface area contributed by atoms with Crippen molar-refractivity contribution in [3.63, 3.8) is 0 Å². The number of nitrogens with one attached hydrogen (secondary N) is 1. The van der Waals surface area contributed by atoms with E-state index < -0.39 is 0 Å². The highest BCUT2D eigenvalue weighted by Crippen LogP contribution is 2.29. The lowest BCUT2D eigenvalue weighted by atomic mass is 9.79. The predicted octanol–water partition coefficient (Wildman–Crippen LogP) is 3.23. The lowest BCUT2D eigenvalue weighted by molar-refractivity contribution is -0.122. The Hall–Kier alpha value is -0.570. The average Bonchev–Trinajstić information content (AvgIpc) is 2.38. The van der Waals surface area contributed by atoms with Crippen molar-refractivity contribution >= 4 is 5.91 Å². The van der Waals surface area contributed by atoms with Crippen molar-refractivity contribution in [1.82, 2.24) is 5.32 Å². The molecule has 1 fully saturated rings. The Labute approximate surface area is 118 Å². The second kappa shape index (κ2) is 9.35. The van der Waals surface area contributed by atoms with E-state index in [-0.39, 0.29) is 5.91 Å². The summed E-state index contributed by atoms with van der Waals surface area (Å²) in [7, 11) is 0. The van der Waals surface area contributed by atoms with Crippen molar-refractivity contribution in [3.8, 4) is 0 Å². The average molecular weight is 268 g/mol. The van der Waals surface area contributed by atoms with E-state index in [1.807, 2.05) is 0 Å². The van der Waals surface area contributed by atoms with Gasteiger partial charge >= 0.3 is 0 Å². The Bertz CT molecular complexity index is 253. The normalized spacial score (nSPS) is 23.6. The number of hydrogen-bond acceptors (Lipinski definition) is 2. The first-order chi connectivity index (χ1) is 9.13. The summed E-state index contributed by atoms with van der Waals surface area (Å²) in [6.45, 7) is 5.36. The van der Waals surface area contributed by atoms with Crippen LogP contribution in [0.25, 0.3) is 0 Å². The monoisotopic (exact) mass is 268 g/mol. The van der Waals surface area contributed by atoms with E-state index in [0.29, 0.717) is 12.5 Å². The summed E-state index contributed by atoms with van der Waals surface area (Å²) in [5, 5.41) is 3.23. The molecule has 0 heterocycles. The minimum atomic E-state index is 0.252. The molecule has 0 radical (unpaired) electrons. The summed E-state index contributed by atoms with van der Waals surface area (Å²) in [6.07, 6.45) is 10.0. The maximum absolute atomic E-state index is 11.9. The molecule has 3 heteroatoms. The van der Waals surface area contributed by atoms with Crippen LogP contribution in [0, 0.1) is 11.8 Å². The largest absolute Gasteiger partial charge is 0.353 e. The maximum Gasteiger partial charge on any atom is 0.220 e. The highest BCUT2D eigenvalue weighted by atomic mass is 16.1. The zero-order valence-corrected chi connectivity index (χ0v) is 12.8. The van der Waals surface area contributed by atoms with Crippen LogP contribution in [-0.2, 0) is 4.79 Å². The van der Waals surface area contributed by atoms with Crippen molar-refractivity contribution in [2.24, 2.45) is 17.6 Å². The number of carbonyl (C=O) groups is 1. The Morgan fingerprint density at radius 2 is 1.95 bits per heavy atom. The van der Waals surface area contributed by atoms with Gasteiger partial charge in [-0.15, -0.1) is 0 Å². The standard InChI is InChI=1S/C16H32N2O/c1-13(2)14-8-7-9-15(12-14)18-16(19)10-5-3-4-6-11-17/h13-15H,3-12,17H2,1-2H3,(H,18,19). The second-order valence-electron chi connectivity index (χ2n) is 6.39. The fraction of sp³-hybridized carbons (Fsp3) is 0.938. The van der Waals surface area contributed by atoms with Gasteiger partial charge < -0.3 is 11.1 Å². The molecule has 1 saturated carbocycles. The van der Waals surface area contributed by atoms with E-state index in [0.717, 1.165) is 44.1 Å². The first-order valence-corrected chi connectivity index (χ1v) is 8.13. The third-order valence-corrected chi connectivity index (χ3v) is 4.38. The quantitative estimate of drug-likeness (QED) is 0.664. The topological polar surface area (TPSA) is 55.1 Å². The Morgan fingerprint density at radius 1 is 1.21 bits per heavy atom. The Balaban J connectivity index is 2.13. The van der Waals surface area contributed by atoms with Gasteiger partial charge in [0.1, 0.15) is 0 Å². The molecule has 19 heavy (non-hydrogen) atoms. The molecular weight excluding hydrogens is 236 g/mol. The number of unbranched alkanes of at least 4 members (excludes halogenated alkanes) is 3. The minimum Gasteiger partial charge on any atom is -0.353 e. The summed E-state index contributed by atoms with van der Waals surface area (Å²) in [5.74, 6) is 1.79. The van der Waals surface area contributed by atoms with Gasteiger partial charge in [0.2, 0.25) is 5.91 Å². The summed E-state index contributed by atoms with van der Waals surface area (Å²) >= 11 is 0. The highest BCUT2D eigenvalue weighted by molar-refractivity contribution is 5.76. The Kier molecular flexibility index (Phi) is 8.11. The summed E-state index contributed by atoms with van der Waals surface area (Å²) < 4.78 is 0. The lowest BCUT2D eigenvalue weighted by Gasteiger charge is -2.32. The summed E-state index contributed by atoms with van der Waals surface area (Å²) in [5.41, 5.74) is 5.45. The third kappa shape index (κ3) is 6.95. The molecule has 0 aromatic heterocycles. The van der Waals surface area contributed by atoms with Crippen molar-refractivity contribution in [1.29, 1.82) is 0 Å². The van der Waals surface area contributed by atoms with Crippen LogP contribution in [-0.4, -0.2) is 18.5 Å². The summed E-state index contributed by atoms with van der Waals surface area (Å²) in [6, 6.07) is 0.428. The molecular formula is C16H32N2O. The molecule has 0 saturated heterocycles. The number of rotatable bonds is 8. The summed E-state index contributed by atoms with van der Waals surface area (Å²) in [4.78, 5) is 11.9. The molecule has 0 aromatic rings. The van der Waals surface area contributed by atoms with Crippen LogP contribution in [0.15, 0.2) is 0 Å². The molecule has 1 amide bonds. The molecule has 2 unspecified atom stereocenters. The van der Waals surface area contributed by atoms with Crippen LogP contribution < -0.4 is 11.1 Å². The van der Waals surface area contributed by atoms with Gasteiger partial charge in [0.25, 0.3) is 0 Å². The van der Waals surface area contributed by atoms with E-state index >= 15 is 0 Å². The maximum atomic E-state index is 11.9. The number of nitrogens with two attached hydrogens (primary N) is 1. The molecule has 2 atom stereocenters. The third-order valence-electron chi connectivity index (χ3n) is 4.38. The second-order valence-corrected chi connectivity index (χ2v) is 6.39. The van der Waals surface area contributed by atoms with Crippen molar-refractivity contribution < 1.29 is 4.79 Å². The molecule has 112 valence electrons. The molecule has 1 aliphatic rings. The van der Waals surface area contributed by atoms with Gasteiger partial charge in [0, 0.05) is 12.5 Å². The Morgan fingerprint density at radius 3 is 2.63 bits per heavy atom. The molecule has 0 spiro atoms. The zero-order chi connectivity index (χ0) is 14.1. The van der Waals surface area contributed by atoms with Gasteiger partial charge in [0.05, 0.1) is 0 Å². The molecule has 1 rings (SSSR count). The number of hydrogen-bond donors (Lipinski definition) is 2. The van der Waals surface area contributed by atoms with Crippen LogP contribution >= 0.6 is 0 Å². The van der Waals surface area contributed by atoms with Gasteiger partial charge in [0.15, 0.2) is 0 Å².